The first kappa shape index (κ1) is 8.69. The maximum absolute atomic E-state index is 10.7. The van der Waals surface area contributed by atoms with E-state index in [1.54, 1.807) is 17.0 Å². The first-order chi connectivity index (χ1) is 6.81. The Hall–Kier alpha value is -1.90. The van der Waals surface area contributed by atoms with E-state index in [0.717, 1.165) is 17.5 Å². The number of carbonyl (C=O) groups excluding carboxylic acids is 1. The van der Waals surface area contributed by atoms with Crippen LogP contribution >= 0.6 is 0 Å². The van der Waals surface area contributed by atoms with Crippen molar-refractivity contribution in [2.45, 2.75) is 6.92 Å². The van der Waals surface area contributed by atoms with Crippen LogP contribution in [-0.2, 0) is 0 Å². The molecule has 0 fully saturated rings. The van der Waals surface area contributed by atoms with Gasteiger partial charge in [0.05, 0.1) is 0 Å². The smallest absolute Gasteiger partial charge is 0.185 e. The van der Waals surface area contributed by atoms with Gasteiger partial charge < -0.3 is 0 Å². The van der Waals surface area contributed by atoms with Crippen LogP contribution in [0.15, 0.2) is 36.7 Å². The van der Waals surface area contributed by atoms with Gasteiger partial charge in [-0.05, 0) is 24.6 Å². The lowest BCUT2D eigenvalue weighted by molar-refractivity contribution is 0.111. The number of hydrogen-bond donors (Lipinski definition) is 0. The van der Waals surface area contributed by atoms with Crippen molar-refractivity contribution in [2.24, 2.45) is 0 Å². The van der Waals surface area contributed by atoms with Crippen LogP contribution in [0.2, 0.25) is 0 Å². The molecule has 3 nitrogen and oxygen atoms in total. The molecule has 70 valence electrons. The second-order valence-corrected chi connectivity index (χ2v) is 3.11. The average molecular weight is 186 g/mol. The molecule has 0 aliphatic carbocycles. The molecule has 2 rings (SSSR count). The molecule has 1 heterocycles. The van der Waals surface area contributed by atoms with Crippen molar-refractivity contribution in [3.8, 4) is 5.69 Å². The molecule has 2 aromatic rings. The van der Waals surface area contributed by atoms with Crippen LogP contribution in [0.5, 0.6) is 0 Å². The van der Waals surface area contributed by atoms with Crippen molar-refractivity contribution in [3.05, 3.63) is 48.0 Å². The van der Waals surface area contributed by atoms with Gasteiger partial charge >= 0.3 is 0 Å². The van der Waals surface area contributed by atoms with Crippen molar-refractivity contribution in [3.63, 3.8) is 0 Å². The molecule has 14 heavy (non-hydrogen) atoms. The summed E-state index contributed by atoms with van der Waals surface area (Å²) in [6, 6.07) is 7.93. The second kappa shape index (κ2) is 3.46. The Morgan fingerprint density at radius 3 is 3.00 bits per heavy atom. The fourth-order valence-corrected chi connectivity index (χ4v) is 1.40. The lowest BCUT2D eigenvalue weighted by atomic mass is 10.2. The number of aryl methyl sites for hydroxylation is 1. The van der Waals surface area contributed by atoms with Crippen molar-refractivity contribution in [1.82, 2.24) is 9.55 Å². The summed E-state index contributed by atoms with van der Waals surface area (Å²) < 4.78 is 1.76. The molecule has 3 heteroatoms. The van der Waals surface area contributed by atoms with Gasteiger partial charge in [-0.15, -0.1) is 0 Å². The minimum atomic E-state index is 0.426. The van der Waals surface area contributed by atoms with E-state index in [0.29, 0.717) is 5.82 Å². The van der Waals surface area contributed by atoms with Crippen LogP contribution < -0.4 is 0 Å². The second-order valence-electron chi connectivity index (χ2n) is 3.11. The molecule has 0 saturated heterocycles. The van der Waals surface area contributed by atoms with Crippen molar-refractivity contribution in [2.75, 3.05) is 0 Å². The van der Waals surface area contributed by atoms with Gasteiger partial charge in [0.25, 0.3) is 0 Å². The Balaban J connectivity index is 2.54. The van der Waals surface area contributed by atoms with Crippen LogP contribution in [0.4, 0.5) is 0 Å². The van der Waals surface area contributed by atoms with E-state index in [9.17, 15) is 4.79 Å². The highest BCUT2D eigenvalue weighted by atomic mass is 16.1. The lowest BCUT2D eigenvalue weighted by Gasteiger charge is -2.04. The average Bonchev–Trinajstić information content (AvgIpc) is 2.65. The van der Waals surface area contributed by atoms with Gasteiger partial charge in [-0.1, -0.05) is 12.1 Å². The molecule has 1 aromatic heterocycles. The van der Waals surface area contributed by atoms with Crippen LogP contribution in [0.3, 0.4) is 0 Å². The molecule has 0 saturated carbocycles. The Bertz CT molecular complexity index is 460. The lowest BCUT2D eigenvalue weighted by Crippen LogP contribution is -1.98. The van der Waals surface area contributed by atoms with Crippen LogP contribution in [0.1, 0.15) is 16.2 Å². The van der Waals surface area contributed by atoms with Gasteiger partial charge in [0.1, 0.15) is 0 Å². The summed E-state index contributed by atoms with van der Waals surface area (Å²) in [4.78, 5) is 14.6. The normalized spacial score (nSPS) is 10.1. The molecule has 0 unspecified atom stereocenters. The Kier molecular flexibility index (Phi) is 2.14. The van der Waals surface area contributed by atoms with Gasteiger partial charge in [0.2, 0.25) is 0 Å². The van der Waals surface area contributed by atoms with Gasteiger partial charge in [-0.2, -0.15) is 0 Å². The summed E-state index contributed by atoms with van der Waals surface area (Å²) in [5, 5.41) is 0. The molecule has 0 spiro atoms. The first-order valence-electron chi connectivity index (χ1n) is 4.37. The third kappa shape index (κ3) is 1.44. The van der Waals surface area contributed by atoms with Gasteiger partial charge in [0, 0.05) is 18.1 Å². The SMILES string of the molecule is Cc1cccc(-n2ccnc2C=O)c1. The van der Waals surface area contributed by atoms with Gasteiger partial charge in [-0.3, -0.25) is 9.36 Å². The number of aromatic nitrogens is 2. The standard InChI is InChI=1S/C11H10N2O/c1-9-3-2-4-10(7-9)13-6-5-12-11(13)8-14/h2-8H,1H3. The zero-order valence-electron chi connectivity index (χ0n) is 7.84. The summed E-state index contributed by atoms with van der Waals surface area (Å²) in [5.41, 5.74) is 2.12. The largest absolute Gasteiger partial charge is 0.298 e. The topological polar surface area (TPSA) is 34.9 Å². The number of aldehydes is 1. The summed E-state index contributed by atoms with van der Waals surface area (Å²) >= 11 is 0. The monoisotopic (exact) mass is 186 g/mol. The van der Waals surface area contributed by atoms with Crippen molar-refractivity contribution < 1.29 is 4.79 Å². The third-order valence-electron chi connectivity index (χ3n) is 2.05. The van der Waals surface area contributed by atoms with E-state index >= 15 is 0 Å². The number of nitrogens with zero attached hydrogens (tertiary/aromatic N) is 2. The molecule has 0 amide bonds. The zero-order chi connectivity index (χ0) is 9.97. The number of hydrogen-bond acceptors (Lipinski definition) is 2. The molecule has 0 aliphatic heterocycles. The highest BCUT2D eigenvalue weighted by molar-refractivity contribution is 5.70. The van der Waals surface area contributed by atoms with E-state index in [2.05, 4.69) is 4.98 Å². The maximum atomic E-state index is 10.7. The van der Waals surface area contributed by atoms with Crippen LogP contribution in [0.25, 0.3) is 5.69 Å². The number of carbonyl (C=O) groups is 1. The minimum absolute atomic E-state index is 0.426. The van der Waals surface area contributed by atoms with E-state index in [1.807, 2.05) is 31.2 Å². The summed E-state index contributed by atoms with van der Waals surface area (Å²) in [5.74, 6) is 0.426. The molecule has 0 bridgehead atoms. The number of rotatable bonds is 2. The Morgan fingerprint density at radius 1 is 1.43 bits per heavy atom. The van der Waals surface area contributed by atoms with Crippen molar-refractivity contribution in [1.29, 1.82) is 0 Å². The Morgan fingerprint density at radius 2 is 2.29 bits per heavy atom. The molecule has 0 radical (unpaired) electrons. The first-order valence-corrected chi connectivity index (χ1v) is 4.37. The molecule has 1 aromatic carbocycles. The van der Waals surface area contributed by atoms with Crippen LogP contribution in [-0.4, -0.2) is 15.8 Å². The van der Waals surface area contributed by atoms with Gasteiger partial charge in [-0.25, -0.2) is 4.98 Å². The van der Waals surface area contributed by atoms with Gasteiger partial charge in [0.15, 0.2) is 12.1 Å². The predicted molar refractivity (Wildman–Crippen MR) is 53.7 cm³/mol. The third-order valence-corrected chi connectivity index (χ3v) is 2.05. The summed E-state index contributed by atoms with van der Waals surface area (Å²) in [7, 11) is 0. The number of imidazole rings is 1. The molecular formula is C11H10N2O. The fraction of sp³-hybridized carbons (Fsp3) is 0.0909. The quantitative estimate of drug-likeness (QED) is 0.672. The maximum Gasteiger partial charge on any atom is 0.185 e. The predicted octanol–water partition coefficient (Wildman–Crippen LogP) is 1.99. The molecule has 0 atom stereocenters. The zero-order valence-corrected chi connectivity index (χ0v) is 7.84. The number of benzene rings is 1. The fourth-order valence-electron chi connectivity index (χ4n) is 1.40. The Labute approximate surface area is 82.0 Å². The van der Waals surface area contributed by atoms with E-state index < -0.39 is 0 Å². The summed E-state index contributed by atoms with van der Waals surface area (Å²) in [6.45, 7) is 2.01. The molecular weight excluding hydrogens is 176 g/mol. The summed E-state index contributed by atoms with van der Waals surface area (Å²) in [6.07, 6.45) is 4.15. The van der Waals surface area contributed by atoms with Crippen LogP contribution in [0, 0.1) is 6.92 Å². The molecule has 0 N–H and O–H groups in total. The molecule has 0 aliphatic rings. The highest BCUT2D eigenvalue weighted by Crippen LogP contribution is 2.11. The van der Waals surface area contributed by atoms with E-state index in [4.69, 9.17) is 0 Å². The van der Waals surface area contributed by atoms with E-state index in [1.165, 1.54) is 0 Å². The van der Waals surface area contributed by atoms with Crippen molar-refractivity contribution >= 4 is 6.29 Å². The van der Waals surface area contributed by atoms with E-state index in [-0.39, 0.29) is 0 Å². The minimum Gasteiger partial charge on any atom is -0.298 e. The highest BCUT2D eigenvalue weighted by Gasteiger charge is 2.02.